The van der Waals surface area contributed by atoms with Gasteiger partial charge in [0.1, 0.15) is 11.6 Å². The lowest BCUT2D eigenvalue weighted by atomic mass is 10.1. The third-order valence-electron chi connectivity index (χ3n) is 3.33. The lowest BCUT2D eigenvalue weighted by Gasteiger charge is -2.08. The fourth-order valence-electron chi connectivity index (χ4n) is 2.35. The van der Waals surface area contributed by atoms with Gasteiger partial charge >= 0.3 is 0 Å². The van der Waals surface area contributed by atoms with Crippen molar-refractivity contribution in [1.82, 2.24) is 9.97 Å². The van der Waals surface area contributed by atoms with Gasteiger partial charge in [0.2, 0.25) is 12.7 Å². The molecular weight excluding hydrogens is 270 g/mol. The summed E-state index contributed by atoms with van der Waals surface area (Å²) in [4.78, 5) is 8.54. The van der Waals surface area contributed by atoms with Crippen LogP contribution in [-0.4, -0.2) is 16.8 Å². The van der Waals surface area contributed by atoms with Crippen LogP contribution in [0.2, 0.25) is 0 Å². The Bertz CT molecular complexity index is 813. The highest BCUT2D eigenvalue weighted by Gasteiger charge is 2.16. The molecule has 0 saturated carbocycles. The van der Waals surface area contributed by atoms with Crippen LogP contribution in [0.1, 0.15) is 11.7 Å². The smallest absolute Gasteiger partial charge is 0.231 e. The van der Waals surface area contributed by atoms with Gasteiger partial charge in [0, 0.05) is 11.6 Å². The van der Waals surface area contributed by atoms with Crippen molar-refractivity contribution in [2.45, 2.75) is 13.5 Å². The van der Waals surface area contributed by atoms with Crippen molar-refractivity contribution in [3.63, 3.8) is 0 Å². The fraction of sp³-hybridized carbons (Fsp3) is 0.200. The first kappa shape index (κ1) is 12.0. The Hall–Kier alpha value is -2.76. The average Bonchev–Trinajstić information content (AvgIpc) is 3.11. The summed E-state index contributed by atoms with van der Waals surface area (Å²) in [5.41, 5.74) is 0. The average molecular weight is 283 g/mol. The van der Waals surface area contributed by atoms with Gasteiger partial charge in [-0.1, -0.05) is 0 Å². The Labute approximate surface area is 120 Å². The van der Waals surface area contributed by atoms with E-state index < -0.39 is 0 Å². The summed E-state index contributed by atoms with van der Waals surface area (Å²) in [6.45, 7) is 2.61. The van der Waals surface area contributed by atoms with Gasteiger partial charge in [0.25, 0.3) is 0 Å². The SMILES string of the molecule is Cc1cnc(CNc2nccc3cc4c(cc23)OCO4)o1. The normalized spacial score (nSPS) is 12.8. The number of nitrogens with one attached hydrogen (secondary N) is 1. The molecular formula is C15H13N3O3. The summed E-state index contributed by atoms with van der Waals surface area (Å²) in [5, 5.41) is 5.26. The third-order valence-corrected chi connectivity index (χ3v) is 3.33. The van der Waals surface area contributed by atoms with E-state index in [9.17, 15) is 0 Å². The molecule has 0 saturated heterocycles. The predicted molar refractivity (Wildman–Crippen MR) is 76.4 cm³/mol. The zero-order chi connectivity index (χ0) is 14.2. The molecule has 0 spiro atoms. The van der Waals surface area contributed by atoms with Crippen LogP contribution >= 0.6 is 0 Å². The minimum atomic E-state index is 0.261. The second-order valence-electron chi connectivity index (χ2n) is 4.80. The number of anilines is 1. The van der Waals surface area contributed by atoms with E-state index in [1.54, 1.807) is 12.4 Å². The van der Waals surface area contributed by atoms with E-state index in [0.29, 0.717) is 12.4 Å². The number of benzene rings is 1. The van der Waals surface area contributed by atoms with Crippen LogP contribution < -0.4 is 14.8 Å². The van der Waals surface area contributed by atoms with Gasteiger partial charge in [-0.15, -0.1) is 0 Å². The van der Waals surface area contributed by atoms with Crippen LogP contribution in [0.25, 0.3) is 10.8 Å². The van der Waals surface area contributed by atoms with E-state index >= 15 is 0 Å². The standard InChI is InChI=1S/C15H13N3O3/c1-9-6-17-14(21-9)7-18-15-11-5-13-12(19-8-20-13)4-10(11)2-3-16-15/h2-6H,7-8H2,1H3,(H,16,18). The Morgan fingerprint density at radius 3 is 2.86 bits per heavy atom. The molecule has 106 valence electrons. The molecule has 3 aromatic rings. The zero-order valence-electron chi connectivity index (χ0n) is 11.4. The van der Waals surface area contributed by atoms with Gasteiger partial charge < -0.3 is 19.2 Å². The number of pyridine rings is 1. The van der Waals surface area contributed by atoms with Gasteiger partial charge in [0.15, 0.2) is 11.5 Å². The second-order valence-corrected chi connectivity index (χ2v) is 4.80. The maximum absolute atomic E-state index is 5.45. The Balaban J connectivity index is 1.68. The molecule has 0 radical (unpaired) electrons. The van der Waals surface area contributed by atoms with Crippen LogP contribution in [0.3, 0.4) is 0 Å². The van der Waals surface area contributed by atoms with Gasteiger partial charge in [-0.25, -0.2) is 9.97 Å². The van der Waals surface area contributed by atoms with Crippen LogP contribution in [0.15, 0.2) is 35.0 Å². The van der Waals surface area contributed by atoms with E-state index in [-0.39, 0.29) is 6.79 Å². The molecule has 0 amide bonds. The molecule has 0 fully saturated rings. The van der Waals surface area contributed by atoms with Crippen molar-refractivity contribution >= 4 is 16.6 Å². The number of aryl methyl sites for hydroxylation is 1. The second kappa shape index (κ2) is 4.66. The molecule has 0 aliphatic carbocycles. The first-order chi connectivity index (χ1) is 10.3. The summed E-state index contributed by atoms with van der Waals surface area (Å²) in [6, 6.07) is 5.84. The molecule has 1 aliphatic heterocycles. The van der Waals surface area contributed by atoms with Crippen LogP contribution in [0, 0.1) is 6.92 Å². The van der Waals surface area contributed by atoms with Crippen LogP contribution in [0.5, 0.6) is 11.5 Å². The summed E-state index contributed by atoms with van der Waals surface area (Å²) in [5.74, 6) is 3.70. The molecule has 0 unspecified atom stereocenters. The minimum absolute atomic E-state index is 0.261. The van der Waals surface area contributed by atoms with Gasteiger partial charge in [-0.05, 0) is 30.5 Å². The Morgan fingerprint density at radius 1 is 1.19 bits per heavy atom. The number of hydrogen-bond acceptors (Lipinski definition) is 6. The predicted octanol–water partition coefficient (Wildman–Crippen LogP) is 2.87. The van der Waals surface area contributed by atoms with Crippen molar-refractivity contribution in [1.29, 1.82) is 0 Å². The lowest BCUT2D eigenvalue weighted by Crippen LogP contribution is -2.02. The van der Waals surface area contributed by atoms with Crippen molar-refractivity contribution in [3.8, 4) is 11.5 Å². The molecule has 6 nitrogen and oxygen atoms in total. The van der Waals surface area contributed by atoms with E-state index in [4.69, 9.17) is 13.9 Å². The van der Waals surface area contributed by atoms with Crippen molar-refractivity contribution in [2.75, 3.05) is 12.1 Å². The zero-order valence-corrected chi connectivity index (χ0v) is 11.4. The number of nitrogens with zero attached hydrogens (tertiary/aromatic N) is 2. The third kappa shape index (κ3) is 2.14. The highest BCUT2D eigenvalue weighted by Crippen LogP contribution is 2.37. The summed E-state index contributed by atoms with van der Waals surface area (Å²) in [7, 11) is 0. The highest BCUT2D eigenvalue weighted by molar-refractivity contribution is 5.94. The van der Waals surface area contributed by atoms with Gasteiger partial charge in [-0.3, -0.25) is 0 Å². The largest absolute Gasteiger partial charge is 0.454 e. The van der Waals surface area contributed by atoms with Crippen molar-refractivity contribution in [3.05, 3.63) is 42.2 Å². The summed E-state index contributed by atoms with van der Waals surface area (Å²) >= 11 is 0. The highest BCUT2D eigenvalue weighted by atomic mass is 16.7. The molecule has 0 atom stereocenters. The summed E-state index contributed by atoms with van der Waals surface area (Å²) in [6.07, 6.45) is 3.46. The van der Waals surface area contributed by atoms with E-state index in [0.717, 1.165) is 33.8 Å². The van der Waals surface area contributed by atoms with E-state index in [2.05, 4.69) is 15.3 Å². The molecule has 0 bridgehead atoms. The first-order valence-corrected chi connectivity index (χ1v) is 6.63. The number of ether oxygens (including phenoxy) is 2. The molecule has 6 heteroatoms. The fourth-order valence-corrected chi connectivity index (χ4v) is 2.35. The van der Waals surface area contributed by atoms with Crippen LogP contribution in [0.4, 0.5) is 5.82 Å². The number of hydrogen-bond donors (Lipinski definition) is 1. The van der Waals surface area contributed by atoms with E-state index in [1.165, 1.54) is 0 Å². The monoisotopic (exact) mass is 283 g/mol. The quantitative estimate of drug-likeness (QED) is 0.797. The first-order valence-electron chi connectivity index (χ1n) is 6.63. The van der Waals surface area contributed by atoms with Gasteiger partial charge in [-0.2, -0.15) is 0 Å². The molecule has 2 aromatic heterocycles. The van der Waals surface area contributed by atoms with E-state index in [1.807, 2.05) is 25.1 Å². The Morgan fingerprint density at radius 2 is 2.05 bits per heavy atom. The molecule has 1 N–H and O–H groups in total. The molecule has 21 heavy (non-hydrogen) atoms. The summed E-state index contributed by atoms with van der Waals surface area (Å²) < 4.78 is 16.3. The number of fused-ring (bicyclic) bond motifs is 2. The van der Waals surface area contributed by atoms with Crippen LogP contribution in [-0.2, 0) is 6.54 Å². The Kier molecular flexibility index (Phi) is 2.67. The molecule has 1 aromatic carbocycles. The maximum atomic E-state index is 5.45. The maximum Gasteiger partial charge on any atom is 0.231 e. The lowest BCUT2D eigenvalue weighted by molar-refractivity contribution is 0.174. The topological polar surface area (TPSA) is 69.4 Å². The van der Waals surface area contributed by atoms with Crippen molar-refractivity contribution in [2.24, 2.45) is 0 Å². The number of aromatic nitrogens is 2. The molecule has 4 rings (SSSR count). The molecule has 3 heterocycles. The van der Waals surface area contributed by atoms with Crippen molar-refractivity contribution < 1.29 is 13.9 Å². The molecule has 1 aliphatic rings. The minimum Gasteiger partial charge on any atom is -0.454 e. The van der Waals surface area contributed by atoms with Gasteiger partial charge in [0.05, 0.1) is 12.7 Å². The number of oxazole rings is 1. The number of rotatable bonds is 3.